The van der Waals surface area contributed by atoms with E-state index in [1.165, 1.54) is 11.0 Å². The maximum Gasteiger partial charge on any atom is 0.495 e. The van der Waals surface area contributed by atoms with Crippen LogP contribution in [-0.2, 0) is 30.1 Å². The zero-order chi connectivity index (χ0) is 33.2. The maximum absolute atomic E-state index is 13.5. The Bertz CT molecular complexity index is 1420. The molecule has 0 spiro atoms. The third-order valence-electron chi connectivity index (χ3n) is 8.35. The van der Waals surface area contributed by atoms with Gasteiger partial charge in [0.05, 0.1) is 16.8 Å². The summed E-state index contributed by atoms with van der Waals surface area (Å²) in [5, 5.41) is 2.93. The van der Waals surface area contributed by atoms with E-state index in [2.05, 4.69) is 11.9 Å². The van der Waals surface area contributed by atoms with E-state index in [0.29, 0.717) is 37.3 Å². The Kier molecular flexibility index (Phi) is 10.0. The highest BCUT2D eigenvalue weighted by atomic mass is 16.7. The van der Waals surface area contributed by atoms with Gasteiger partial charge in [-0.3, -0.25) is 9.69 Å². The summed E-state index contributed by atoms with van der Waals surface area (Å²) in [5.74, 6) is -0.899. The third kappa shape index (κ3) is 8.07. The van der Waals surface area contributed by atoms with Gasteiger partial charge in [0.1, 0.15) is 18.2 Å². The number of carbonyl (C=O) groups is 3. The molecule has 4 rings (SSSR count). The van der Waals surface area contributed by atoms with E-state index in [1.54, 1.807) is 39.0 Å². The van der Waals surface area contributed by atoms with Gasteiger partial charge >= 0.3 is 19.2 Å². The Morgan fingerprint density at radius 2 is 1.78 bits per heavy atom. The van der Waals surface area contributed by atoms with Gasteiger partial charge in [-0.2, -0.15) is 0 Å². The lowest BCUT2D eigenvalue weighted by Crippen LogP contribution is -2.45. The monoisotopic (exact) mass is 619 g/mol. The number of ether oxygens (including phenoxy) is 2. The zero-order valence-corrected chi connectivity index (χ0v) is 27.8. The van der Waals surface area contributed by atoms with E-state index in [1.807, 2.05) is 63.9 Å². The Hall–Kier alpha value is -3.83. The van der Waals surface area contributed by atoms with Crippen LogP contribution in [0.5, 0.6) is 0 Å². The predicted molar refractivity (Wildman–Crippen MR) is 176 cm³/mol. The molecular formula is C34H46BN3O7. The lowest BCUT2D eigenvalue weighted by atomic mass is 9.76. The number of rotatable bonds is 9. The van der Waals surface area contributed by atoms with Crippen molar-refractivity contribution in [2.75, 3.05) is 30.4 Å². The number of hydrogen-bond donors (Lipinski definition) is 1. The molecule has 0 aromatic heterocycles. The van der Waals surface area contributed by atoms with Crippen molar-refractivity contribution >= 4 is 41.9 Å². The number of nitrogens with one attached hydrogen (secondary N) is 1. The number of benzene rings is 2. The standard InChI is InChI=1S/C34H46BN3O7/c1-10-18-42-30(40)24-19-25(36-29(39)28-16-13-17-38(28)31(41)43-32(2,3)4)21-26(20-24)37(9)22-23-14-11-12-15-27(23)35-44-33(5,6)34(7,8)45-35/h10-12,14-15,19-21,28H,1,13,16-18,22H2,2-9H3,(H,36,39)/t28-/m0/s1. The summed E-state index contributed by atoms with van der Waals surface area (Å²) < 4.78 is 23.5. The Morgan fingerprint density at radius 3 is 2.42 bits per heavy atom. The van der Waals surface area contributed by atoms with Crippen LogP contribution in [0.1, 0.15) is 77.2 Å². The first-order chi connectivity index (χ1) is 21.0. The van der Waals surface area contributed by atoms with Crippen LogP contribution in [0.25, 0.3) is 0 Å². The Balaban J connectivity index is 1.59. The van der Waals surface area contributed by atoms with Gasteiger partial charge in [-0.15, -0.1) is 0 Å². The molecule has 2 aromatic rings. The molecule has 0 bridgehead atoms. The molecule has 0 saturated carbocycles. The van der Waals surface area contributed by atoms with Crippen LogP contribution in [0.2, 0.25) is 0 Å². The van der Waals surface area contributed by atoms with Crippen LogP contribution < -0.4 is 15.7 Å². The molecular weight excluding hydrogens is 573 g/mol. The van der Waals surface area contributed by atoms with E-state index >= 15 is 0 Å². The number of nitrogens with zero attached hydrogens (tertiary/aromatic N) is 2. The van der Waals surface area contributed by atoms with Crippen LogP contribution in [-0.4, -0.2) is 73.0 Å². The van der Waals surface area contributed by atoms with Crippen molar-refractivity contribution in [3.63, 3.8) is 0 Å². The molecule has 10 nitrogen and oxygen atoms in total. The third-order valence-corrected chi connectivity index (χ3v) is 8.35. The summed E-state index contributed by atoms with van der Waals surface area (Å²) >= 11 is 0. The van der Waals surface area contributed by atoms with Gasteiger partial charge < -0.3 is 29.0 Å². The number of amides is 2. The van der Waals surface area contributed by atoms with Crippen molar-refractivity contribution in [3.05, 3.63) is 66.2 Å². The van der Waals surface area contributed by atoms with E-state index in [4.69, 9.17) is 18.8 Å². The fourth-order valence-corrected chi connectivity index (χ4v) is 5.27. The predicted octanol–water partition coefficient (Wildman–Crippen LogP) is 5.30. The van der Waals surface area contributed by atoms with Crippen LogP contribution in [0.3, 0.4) is 0 Å². The minimum atomic E-state index is -0.691. The molecule has 242 valence electrons. The number of anilines is 2. The first kappa shape index (κ1) is 34.1. The number of likely N-dealkylation sites (tertiary alicyclic amines) is 1. The highest BCUT2D eigenvalue weighted by Crippen LogP contribution is 2.37. The van der Waals surface area contributed by atoms with Crippen LogP contribution in [0.4, 0.5) is 16.2 Å². The van der Waals surface area contributed by atoms with Crippen molar-refractivity contribution < 1.29 is 33.2 Å². The smallest absolute Gasteiger partial charge is 0.458 e. The van der Waals surface area contributed by atoms with Gasteiger partial charge in [0.2, 0.25) is 5.91 Å². The summed E-state index contributed by atoms with van der Waals surface area (Å²) in [4.78, 5) is 42.7. The second-order valence-corrected chi connectivity index (χ2v) is 13.6. The summed E-state index contributed by atoms with van der Waals surface area (Å²) in [7, 11) is 1.37. The summed E-state index contributed by atoms with van der Waals surface area (Å²) in [6.45, 7) is 18.0. The minimum absolute atomic E-state index is 0.0506. The molecule has 2 aliphatic rings. The molecule has 0 unspecified atom stereocenters. The second kappa shape index (κ2) is 13.3. The first-order valence-electron chi connectivity index (χ1n) is 15.4. The van der Waals surface area contributed by atoms with Crippen molar-refractivity contribution in [1.29, 1.82) is 0 Å². The Labute approximate surface area is 267 Å². The number of carbonyl (C=O) groups excluding carboxylic acids is 3. The van der Waals surface area contributed by atoms with Crippen molar-refractivity contribution in [1.82, 2.24) is 4.90 Å². The SMILES string of the molecule is C=CCOC(=O)c1cc(NC(=O)[C@@H]2CCCN2C(=O)OC(C)(C)C)cc(N(C)Cc2ccccc2B2OC(C)(C)C(C)(C)O2)c1. The fourth-order valence-electron chi connectivity index (χ4n) is 5.27. The van der Waals surface area contributed by atoms with Gasteiger partial charge in [-0.25, -0.2) is 9.59 Å². The Morgan fingerprint density at radius 1 is 1.11 bits per heavy atom. The van der Waals surface area contributed by atoms with E-state index in [-0.39, 0.29) is 18.1 Å². The van der Waals surface area contributed by atoms with Crippen molar-refractivity contribution in [2.45, 2.75) is 90.7 Å². The fraction of sp³-hybridized carbons (Fsp3) is 0.500. The first-order valence-corrected chi connectivity index (χ1v) is 15.4. The van der Waals surface area contributed by atoms with E-state index in [9.17, 15) is 14.4 Å². The molecule has 2 saturated heterocycles. The van der Waals surface area contributed by atoms with Crippen molar-refractivity contribution in [3.8, 4) is 0 Å². The van der Waals surface area contributed by atoms with E-state index in [0.717, 1.165) is 11.0 Å². The zero-order valence-electron chi connectivity index (χ0n) is 27.8. The maximum atomic E-state index is 13.5. The summed E-state index contributed by atoms with van der Waals surface area (Å²) in [5.41, 5.74) is 1.62. The largest absolute Gasteiger partial charge is 0.495 e. The molecule has 2 amide bonds. The molecule has 2 fully saturated rings. The molecule has 45 heavy (non-hydrogen) atoms. The molecule has 2 aromatic carbocycles. The summed E-state index contributed by atoms with van der Waals surface area (Å²) in [6, 6.07) is 12.3. The minimum Gasteiger partial charge on any atom is -0.458 e. The number of esters is 1. The van der Waals surface area contributed by atoms with Crippen LogP contribution in [0, 0.1) is 0 Å². The molecule has 2 heterocycles. The van der Waals surface area contributed by atoms with Crippen LogP contribution >= 0.6 is 0 Å². The molecule has 0 aliphatic carbocycles. The highest BCUT2D eigenvalue weighted by Gasteiger charge is 2.52. The lowest BCUT2D eigenvalue weighted by Gasteiger charge is -2.32. The van der Waals surface area contributed by atoms with Gasteiger partial charge in [-0.1, -0.05) is 36.9 Å². The molecule has 2 aliphatic heterocycles. The van der Waals surface area contributed by atoms with Gasteiger partial charge in [0.15, 0.2) is 0 Å². The molecule has 1 N–H and O–H groups in total. The second-order valence-electron chi connectivity index (χ2n) is 13.6. The van der Waals surface area contributed by atoms with Crippen molar-refractivity contribution in [2.24, 2.45) is 0 Å². The number of hydrogen-bond acceptors (Lipinski definition) is 8. The topological polar surface area (TPSA) is 107 Å². The molecule has 1 atom stereocenters. The quantitative estimate of drug-likeness (QED) is 0.229. The van der Waals surface area contributed by atoms with Gasteiger partial charge in [0.25, 0.3) is 0 Å². The lowest BCUT2D eigenvalue weighted by molar-refractivity contribution is -0.120. The molecule has 0 radical (unpaired) electrons. The molecule has 11 heteroatoms. The average Bonchev–Trinajstić information content (AvgIpc) is 3.53. The van der Waals surface area contributed by atoms with E-state index < -0.39 is 42.0 Å². The summed E-state index contributed by atoms with van der Waals surface area (Å²) in [6.07, 6.45) is 2.16. The van der Waals surface area contributed by atoms with Gasteiger partial charge in [-0.05, 0) is 90.5 Å². The van der Waals surface area contributed by atoms with Gasteiger partial charge in [0, 0.05) is 31.5 Å². The van der Waals surface area contributed by atoms with Crippen LogP contribution in [0.15, 0.2) is 55.1 Å². The average molecular weight is 620 g/mol. The normalized spacial score (nSPS) is 18.8. The highest BCUT2D eigenvalue weighted by molar-refractivity contribution is 6.62.